The number of aryl methyl sites for hydroxylation is 1. The van der Waals surface area contributed by atoms with Gasteiger partial charge in [-0.3, -0.25) is 9.59 Å². The summed E-state index contributed by atoms with van der Waals surface area (Å²) >= 11 is 0. The van der Waals surface area contributed by atoms with Crippen LogP contribution in [0.25, 0.3) is 0 Å². The minimum Gasteiger partial charge on any atom is -0.481 e. The Bertz CT molecular complexity index is 584. The first-order valence-electron chi connectivity index (χ1n) is 8.12. The highest BCUT2D eigenvalue weighted by atomic mass is 16.4. The number of hydrogen-bond acceptors (Lipinski definition) is 2. The summed E-state index contributed by atoms with van der Waals surface area (Å²) in [7, 11) is 0. The summed E-state index contributed by atoms with van der Waals surface area (Å²) in [4.78, 5) is 23.7. The first kappa shape index (κ1) is 15.1. The number of hydrogen-bond donors (Lipinski definition) is 2. The van der Waals surface area contributed by atoms with Gasteiger partial charge >= 0.3 is 5.97 Å². The van der Waals surface area contributed by atoms with E-state index in [0.29, 0.717) is 12.8 Å². The molecule has 1 amide bonds. The predicted octanol–water partition coefficient (Wildman–Crippen LogP) is 2.79. The van der Waals surface area contributed by atoms with Crippen LogP contribution in [0.5, 0.6) is 0 Å². The van der Waals surface area contributed by atoms with E-state index < -0.39 is 5.97 Å². The molecule has 4 heteroatoms. The normalized spacial score (nSPS) is 26.2. The largest absolute Gasteiger partial charge is 0.481 e. The van der Waals surface area contributed by atoms with E-state index in [1.165, 1.54) is 5.56 Å². The Hall–Kier alpha value is -1.84. The van der Waals surface area contributed by atoms with Crippen LogP contribution in [0.3, 0.4) is 0 Å². The van der Waals surface area contributed by atoms with Crippen LogP contribution >= 0.6 is 0 Å². The third-order valence-electron chi connectivity index (χ3n) is 5.17. The zero-order valence-electron chi connectivity index (χ0n) is 13.0. The fourth-order valence-corrected chi connectivity index (χ4v) is 3.52. The predicted molar refractivity (Wildman–Crippen MR) is 83.6 cm³/mol. The molecule has 0 heterocycles. The highest BCUT2D eigenvalue weighted by Gasteiger charge is 2.51. The van der Waals surface area contributed by atoms with Crippen LogP contribution in [0.4, 0.5) is 0 Å². The summed E-state index contributed by atoms with van der Waals surface area (Å²) in [6, 6.07) is 8.33. The molecular weight excluding hydrogens is 278 g/mol. The Morgan fingerprint density at radius 3 is 2.41 bits per heavy atom. The number of nitrogens with one attached hydrogen (secondary N) is 1. The van der Waals surface area contributed by atoms with Gasteiger partial charge in [0.05, 0.1) is 11.3 Å². The van der Waals surface area contributed by atoms with E-state index in [9.17, 15) is 9.59 Å². The monoisotopic (exact) mass is 301 g/mol. The molecule has 22 heavy (non-hydrogen) atoms. The van der Waals surface area contributed by atoms with E-state index in [4.69, 9.17) is 5.11 Å². The Labute approximate surface area is 130 Å². The number of aliphatic carboxylic acids is 1. The van der Waals surface area contributed by atoms with Crippen LogP contribution in [0.1, 0.15) is 49.7 Å². The second-order valence-electron chi connectivity index (χ2n) is 6.81. The summed E-state index contributed by atoms with van der Waals surface area (Å²) in [5.41, 5.74) is 1.96. The molecular formula is C18H23NO3. The van der Waals surface area contributed by atoms with Crippen molar-refractivity contribution in [2.45, 2.75) is 56.9 Å². The smallest absolute Gasteiger partial charge is 0.306 e. The lowest BCUT2D eigenvalue weighted by Crippen LogP contribution is -2.43. The summed E-state index contributed by atoms with van der Waals surface area (Å²) in [5, 5.41) is 12.2. The number of amides is 1. The second-order valence-corrected chi connectivity index (χ2v) is 6.81. The van der Waals surface area contributed by atoms with E-state index in [2.05, 4.69) is 11.4 Å². The van der Waals surface area contributed by atoms with Crippen molar-refractivity contribution in [3.05, 3.63) is 35.4 Å². The summed E-state index contributed by atoms with van der Waals surface area (Å²) in [6.07, 6.45) is 4.69. The van der Waals surface area contributed by atoms with Crippen molar-refractivity contribution in [2.75, 3.05) is 0 Å². The molecule has 0 radical (unpaired) electrons. The van der Waals surface area contributed by atoms with Crippen molar-refractivity contribution in [1.82, 2.24) is 5.32 Å². The van der Waals surface area contributed by atoms with Crippen LogP contribution in [0.2, 0.25) is 0 Å². The average Bonchev–Trinajstić information content (AvgIpc) is 3.29. The van der Waals surface area contributed by atoms with Gasteiger partial charge in [-0.05, 0) is 51.0 Å². The molecule has 2 aliphatic carbocycles. The van der Waals surface area contributed by atoms with Crippen LogP contribution in [0, 0.1) is 12.8 Å². The van der Waals surface area contributed by atoms with Gasteiger partial charge in [-0.25, -0.2) is 0 Å². The minimum absolute atomic E-state index is 0.122. The molecule has 0 aliphatic heterocycles. The van der Waals surface area contributed by atoms with Gasteiger partial charge in [-0.2, -0.15) is 0 Å². The molecule has 0 aromatic heterocycles. The lowest BCUT2D eigenvalue weighted by Gasteiger charge is -2.28. The first-order valence-corrected chi connectivity index (χ1v) is 8.12. The molecule has 2 N–H and O–H groups in total. The molecule has 1 aromatic carbocycles. The van der Waals surface area contributed by atoms with Gasteiger partial charge in [0.1, 0.15) is 0 Å². The van der Waals surface area contributed by atoms with E-state index in [1.54, 1.807) is 0 Å². The topological polar surface area (TPSA) is 66.4 Å². The summed E-state index contributed by atoms with van der Waals surface area (Å²) in [5.74, 6) is -0.820. The molecule has 2 saturated carbocycles. The van der Waals surface area contributed by atoms with Gasteiger partial charge in [0.15, 0.2) is 0 Å². The molecule has 1 aromatic rings. The number of carboxylic acid groups (broad SMARTS) is 1. The summed E-state index contributed by atoms with van der Waals surface area (Å²) in [6.45, 7) is 2.05. The zero-order valence-corrected chi connectivity index (χ0v) is 13.0. The van der Waals surface area contributed by atoms with E-state index in [0.717, 1.165) is 31.2 Å². The quantitative estimate of drug-likeness (QED) is 0.898. The summed E-state index contributed by atoms with van der Waals surface area (Å²) < 4.78 is 0. The maximum Gasteiger partial charge on any atom is 0.306 e. The van der Waals surface area contributed by atoms with E-state index in [-0.39, 0.29) is 23.3 Å². The third-order valence-corrected chi connectivity index (χ3v) is 5.17. The van der Waals surface area contributed by atoms with Gasteiger partial charge in [0, 0.05) is 6.04 Å². The molecule has 0 bridgehead atoms. The van der Waals surface area contributed by atoms with Gasteiger partial charge in [-0.1, -0.05) is 29.8 Å². The van der Waals surface area contributed by atoms with Crippen molar-refractivity contribution in [3.8, 4) is 0 Å². The Morgan fingerprint density at radius 1 is 1.18 bits per heavy atom. The van der Waals surface area contributed by atoms with Crippen molar-refractivity contribution < 1.29 is 14.7 Å². The molecule has 3 rings (SSSR count). The fourth-order valence-electron chi connectivity index (χ4n) is 3.52. The lowest BCUT2D eigenvalue weighted by atomic mass is 9.85. The molecule has 0 unspecified atom stereocenters. The van der Waals surface area contributed by atoms with Gasteiger partial charge in [0.2, 0.25) is 5.91 Å². The first-order chi connectivity index (χ1) is 10.5. The van der Waals surface area contributed by atoms with Crippen LogP contribution < -0.4 is 5.32 Å². The van der Waals surface area contributed by atoms with Gasteiger partial charge in [0.25, 0.3) is 0 Å². The van der Waals surface area contributed by atoms with Crippen LogP contribution in [0.15, 0.2) is 24.3 Å². The van der Waals surface area contributed by atoms with Crippen molar-refractivity contribution in [3.63, 3.8) is 0 Å². The van der Waals surface area contributed by atoms with Gasteiger partial charge in [-0.15, -0.1) is 0 Å². The number of carbonyl (C=O) groups is 2. The SMILES string of the molecule is Cc1cccc(C2(C(=O)NC3CCC(C(=O)O)CC3)CC2)c1. The maximum absolute atomic E-state index is 12.7. The highest BCUT2D eigenvalue weighted by molar-refractivity contribution is 5.91. The van der Waals surface area contributed by atoms with Crippen molar-refractivity contribution in [1.29, 1.82) is 0 Å². The number of carbonyl (C=O) groups excluding carboxylic acids is 1. The average molecular weight is 301 g/mol. The van der Waals surface area contributed by atoms with Crippen LogP contribution in [-0.4, -0.2) is 23.0 Å². The molecule has 0 spiro atoms. The molecule has 4 nitrogen and oxygen atoms in total. The number of rotatable bonds is 4. The van der Waals surface area contributed by atoms with Crippen molar-refractivity contribution >= 4 is 11.9 Å². The number of benzene rings is 1. The zero-order chi connectivity index (χ0) is 15.7. The minimum atomic E-state index is -0.705. The highest BCUT2D eigenvalue weighted by Crippen LogP contribution is 2.48. The third kappa shape index (κ3) is 2.87. The number of carboxylic acids is 1. The fraction of sp³-hybridized carbons (Fsp3) is 0.556. The van der Waals surface area contributed by atoms with Crippen molar-refractivity contribution in [2.24, 2.45) is 5.92 Å². The van der Waals surface area contributed by atoms with E-state index >= 15 is 0 Å². The Balaban J connectivity index is 1.62. The molecule has 0 saturated heterocycles. The standard InChI is InChI=1S/C18H23NO3/c1-12-3-2-4-14(11-12)18(9-10-18)17(22)19-15-7-5-13(6-8-15)16(20)21/h2-4,11,13,15H,5-10H2,1H3,(H,19,22)(H,20,21). The van der Waals surface area contributed by atoms with Gasteiger partial charge < -0.3 is 10.4 Å². The molecule has 2 fully saturated rings. The molecule has 0 atom stereocenters. The molecule has 2 aliphatic rings. The Kier molecular flexibility index (Phi) is 3.94. The van der Waals surface area contributed by atoms with E-state index in [1.807, 2.05) is 25.1 Å². The van der Waals surface area contributed by atoms with Crippen LogP contribution in [-0.2, 0) is 15.0 Å². The maximum atomic E-state index is 12.7. The second kappa shape index (κ2) is 5.75. The molecule has 118 valence electrons. The Morgan fingerprint density at radius 2 is 1.86 bits per heavy atom. The lowest BCUT2D eigenvalue weighted by molar-refractivity contribution is -0.142.